The molecule has 3 heterocycles. The summed E-state index contributed by atoms with van der Waals surface area (Å²) in [6, 6.07) is 4.45. The normalized spacial score (nSPS) is 23.4. The Morgan fingerprint density at radius 1 is 1.25 bits per heavy atom. The Kier molecular flexibility index (Phi) is 4.85. The molecule has 4 rings (SSSR count). The van der Waals surface area contributed by atoms with Crippen molar-refractivity contribution in [1.82, 2.24) is 25.3 Å². The number of rotatable bonds is 4. The van der Waals surface area contributed by atoms with Crippen LogP contribution in [0.1, 0.15) is 61.3 Å². The Morgan fingerprint density at radius 2 is 2.17 bits per heavy atom. The summed E-state index contributed by atoms with van der Waals surface area (Å²) in [5.74, 6) is 2.13. The minimum absolute atomic E-state index is 0.309. The Morgan fingerprint density at radius 3 is 3.00 bits per heavy atom. The molecule has 1 aliphatic heterocycles. The fraction of sp³-hybridized carbons (Fsp3) is 0.611. The summed E-state index contributed by atoms with van der Waals surface area (Å²) in [6.45, 7) is 3.63. The minimum Gasteiger partial charge on any atom is -0.339 e. The van der Waals surface area contributed by atoms with E-state index in [-0.39, 0.29) is 0 Å². The van der Waals surface area contributed by atoms with Gasteiger partial charge in [-0.3, -0.25) is 9.88 Å². The zero-order chi connectivity index (χ0) is 16.2. The van der Waals surface area contributed by atoms with Crippen molar-refractivity contribution in [1.29, 1.82) is 0 Å². The summed E-state index contributed by atoms with van der Waals surface area (Å²) in [4.78, 5) is 11.4. The van der Waals surface area contributed by atoms with Crippen LogP contribution in [0, 0.1) is 0 Å². The summed E-state index contributed by atoms with van der Waals surface area (Å²) in [6.07, 6.45) is 10.0. The molecule has 2 aromatic heterocycles. The first-order chi connectivity index (χ1) is 11.9. The van der Waals surface area contributed by atoms with Gasteiger partial charge in [-0.25, -0.2) is 0 Å². The molecular formula is C18H25N5O. The average Bonchev–Trinajstić information content (AvgIpc) is 3.12. The van der Waals surface area contributed by atoms with Crippen LogP contribution >= 0.6 is 0 Å². The Hall–Kier alpha value is -1.79. The van der Waals surface area contributed by atoms with Gasteiger partial charge in [-0.2, -0.15) is 4.98 Å². The van der Waals surface area contributed by atoms with Gasteiger partial charge in [0, 0.05) is 44.0 Å². The van der Waals surface area contributed by atoms with Crippen LogP contribution in [-0.2, 0) is 6.54 Å². The molecule has 1 aliphatic carbocycles. The summed E-state index contributed by atoms with van der Waals surface area (Å²) in [5.41, 5.74) is 1.24. The molecule has 1 N–H and O–H groups in total. The second-order valence-electron chi connectivity index (χ2n) is 6.86. The fourth-order valence-corrected chi connectivity index (χ4v) is 3.87. The maximum absolute atomic E-state index is 5.57. The lowest BCUT2D eigenvalue weighted by Crippen LogP contribution is -2.45. The minimum atomic E-state index is 0.309. The molecule has 2 aromatic rings. The van der Waals surface area contributed by atoms with Crippen LogP contribution in [0.25, 0.3) is 0 Å². The molecule has 24 heavy (non-hydrogen) atoms. The zero-order valence-electron chi connectivity index (χ0n) is 14.0. The van der Waals surface area contributed by atoms with Crippen molar-refractivity contribution < 1.29 is 4.52 Å². The van der Waals surface area contributed by atoms with Gasteiger partial charge in [0.25, 0.3) is 0 Å². The molecule has 128 valence electrons. The van der Waals surface area contributed by atoms with Crippen LogP contribution in [0.3, 0.4) is 0 Å². The third-order valence-electron chi connectivity index (χ3n) is 5.21. The van der Waals surface area contributed by atoms with E-state index >= 15 is 0 Å². The first-order valence-electron chi connectivity index (χ1n) is 9.07. The number of hydrogen-bond acceptors (Lipinski definition) is 6. The highest BCUT2D eigenvalue weighted by Gasteiger charge is 2.27. The summed E-state index contributed by atoms with van der Waals surface area (Å²) in [5, 5.41) is 7.72. The monoisotopic (exact) mass is 327 g/mol. The van der Waals surface area contributed by atoms with E-state index in [0.717, 1.165) is 37.9 Å². The average molecular weight is 327 g/mol. The molecule has 1 saturated carbocycles. The van der Waals surface area contributed by atoms with E-state index in [9.17, 15) is 0 Å². The van der Waals surface area contributed by atoms with Gasteiger partial charge in [0.2, 0.25) is 5.89 Å². The van der Waals surface area contributed by atoms with Gasteiger partial charge in [0.1, 0.15) is 0 Å². The molecule has 2 fully saturated rings. The molecule has 1 atom stereocenters. The summed E-state index contributed by atoms with van der Waals surface area (Å²) in [7, 11) is 0. The van der Waals surface area contributed by atoms with E-state index < -0.39 is 0 Å². The van der Waals surface area contributed by atoms with Gasteiger partial charge >= 0.3 is 0 Å². The smallest absolute Gasteiger partial charge is 0.229 e. The van der Waals surface area contributed by atoms with Crippen molar-refractivity contribution in [3.05, 3.63) is 41.8 Å². The van der Waals surface area contributed by atoms with E-state index in [0.29, 0.717) is 12.0 Å². The van der Waals surface area contributed by atoms with Gasteiger partial charge < -0.3 is 9.84 Å². The summed E-state index contributed by atoms with van der Waals surface area (Å²) < 4.78 is 5.57. The standard InChI is InChI=1S/C18H25N5O/c1-2-5-14(6-3-1)18-21-17(22-24-18)13-23-10-9-20-12-16(23)15-7-4-8-19-11-15/h4,7-8,11,14,16,20H,1-3,5-6,9-10,12-13H2. The molecule has 6 nitrogen and oxygen atoms in total. The van der Waals surface area contributed by atoms with Crippen molar-refractivity contribution in [2.45, 2.75) is 50.6 Å². The highest BCUT2D eigenvalue weighted by atomic mass is 16.5. The highest BCUT2D eigenvalue weighted by Crippen LogP contribution is 2.31. The topological polar surface area (TPSA) is 67.1 Å². The maximum Gasteiger partial charge on any atom is 0.229 e. The quantitative estimate of drug-likeness (QED) is 0.931. The van der Waals surface area contributed by atoms with Gasteiger partial charge in [-0.05, 0) is 24.5 Å². The summed E-state index contributed by atoms with van der Waals surface area (Å²) >= 11 is 0. The lowest BCUT2D eigenvalue weighted by atomic mass is 9.89. The van der Waals surface area contributed by atoms with Crippen LogP contribution in [0.5, 0.6) is 0 Å². The zero-order valence-corrected chi connectivity index (χ0v) is 14.0. The van der Waals surface area contributed by atoms with Crippen LogP contribution in [0.4, 0.5) is 0 Å². The predicted octanol–water partition coefficient (Wildman–Crippen LogP) is 2.66. The molecule has 0 bridgehead atoms. The Bertz CT molecular complexity index is 638. The van der Waals surface area contributed by atoms with Gasteiger partial charge in [-0.1, -0.05) is 30.5 Å². The molecule has 0 spiro atoms. The molecule has 0 amide bonds. The van der Waals surface area contributed by atoms with E-state index in [1.54, 1.807) is 0 Å². The first kappa shape index (κ1) is 15.7. The number of piperazine rings is 1. The van der Waals surface area contributed by atoms with E-state index in [1.165, 1.54) is 37.7 Å². The van der Waals surface area contributed by atoms with Crippen LogP contribution in [0.15, 0.2) is 29.0 Å². The molecular weight excluding hydrogens is 302 g/mol. The number of pyridine rings is 1. The van der Waals surface area contributed by atoms with E-state index in [4.69, 9.17) is 9.51 Å². The predicted molar refractivity (Wildman–Crippen MR) is 90.4 cm³/mol. The van der Waals surface area contributed by atoms with Gasteiger partial charge in [0.05, 0.1) is 6.54 Å². The largest absolute Gasteiger partial charge is 0.339 e. The third-order valence-corrected chi connectivity index (χ3v) is 5.21. The maximum atomic E-state index is 5.57. The van der Waals surface area contributed by atoms with Crippen LogP contribution in [0.2, 0.25) is 0 Å². The van der Waals surface area contributed by atoms with Crippen LogP contribution < -0.4 is 5.32 Å². The Labute approximate surface area is 142 Å². The lowest BCUT2D eigenvalue weighted by molar-refractivity contribution is 0.148. The Balaban J connectivity index is 1.46. The van der Waals surface area contributed by atoms with E-state index in [2.05, 4.69) is 26.4 Å². The molecule has 0 radical (unpaired) electrons. The lowest BCUT2D eigenvalue weighted by Gasteiger charge is -2.35. The SMILES string of the molecule is c1cncc(C2CNCCN2Cc2noc(C3CCCCC3)n2)c1. The molecule has 2 aliphatic rings. The number of aromatic nitrogens is 3. The number of hydrogen-bond donors (Lipinski definition) is 1. The second kappa shape index (κ2) is 7.40. The number of nitrogens with zero attached hydrogens (tertiary/aromatic N) is 4. The molecule has 0 aromatic carbocycles. The molecule has 6 heteroatoms. The third kappa shape index (κ3) is 3.49. The molecule has 1 unspecified atom stereocenters. The van der Waals surface area contributed by atoms with Gasteiger partial charge in [0.15, 0.2) is 5.82 Å². The van der Waals surface area contributed by atoms with Crippen molar-refractivity contribution >= 4 is 0 Å². The van der Waals surface area contributed by atoms with Gasteiger partial charge in [-0.15, -0.1) is 0 Å². The van der Waals surface area contributed by atoms with Crippen molar-refractivity contribution in [2.24, 2.45) is 0 Å². The number of nitrogens with one attached hydrogen (secondary N) is 1. The molecule has 1 saturated heterocycles. The first-order valence-corrected chi connectivity index (χ1v) is 9.07. The van der Waals surface area contributed by atoms with E-state index in [1.807, 2.05) is 18.5 Å². The van der Waals surface area contributed by atoms with Crippen molar-refractivity contribution in [3.63, 3.8) is 0 Å². The van der Waals surface area contributed by atoms with Crippen molar-refractivity contribution in [2.75, 3.05) is 19.6 Å². The fourth-order valence-electron chi connectivity index (χ4n) is 3.87. The highest BCUT2D eigenvalue weighted by molar-refractivity contribution is 5.15. The van der Waals surface area contributed by atoms with Crippen molar-refractivity contribution in [3.8, 4) is 0 Å². The second-order valence-corrected chi connectivity index (χ2v) is 6.86. The van der Waals surface area contributed by atoms with Crippen LogP contribution in [-0.4, -0.2) is 39.7 Å².